The van der Waals surface area contributed by atoms with Crippen LogP contribution in [-0.4, -0.2) is 60.7 Å². The molecule has 8 heteroatoms. The third-order valence-corrected chi connectivity index (χ3v) is 4.45. The smallest absolute Gasteiger partial charge is 0.193 e. The Labute approximate surface area is 151 Å². The maximum absolute atomic E-state index is 13.7. The summed E-state index contributed by atoms with van der Waals surface area (Å²) in [5, 5.41) is 7.18. The molecule has 0 atom stereocenters. The molecule has 3 rings (SSSR count). The molecule has 1 N–H and O–H groups in total. The van der Waals surface area contributed by atoms with Gasteiger partial charge in [0, 0.05) is 52.4 Å². The van der Waals surface area contributed by atoms with E-state index >= 15 is 0 Å². The van der Waals surface area contributed by atoms with Crippen molar-refractivity contribution in [2.45, 2.75) is 13.0 Å². The minimum absolute atomic E-state index is 0.366. The van der Waals surface area contributed by atoms with E-state index in [1.807, 2.05) is 6.07 Å². The van der Waals surface area contributed by atoms with Crippen molar-refractivity contribution in [2.75, 3.05) is 39.8 Å². The average molecular weight is 363 g/mol. The van der Waals surface area contributed by atoms with E-state index in [1.54, 1.807) is 13.3 Å². The molecule has 0 amide bonds. The number of hydrogen-bond acceptors (Lipinski definition) is 4. The number of benzene rings is 1. The summed E-state index contributed by atoms with van der Waals surface area (Å²) >= 11 is 0. The topological polar surface area (TPSA) is 56.9 Å². The Balaban J connectivity index is 1.45. The Hall–Kier alpha value is -2.48. The van der Waals surface area contributed by atoms with Crippen LogP contribution in [0.1, 0.15) is 11.3 Å². The van der Waals surface area contributed by atoms with Gasteiger partial charge in [-0.05, 0) is 30.2 Å². The number of guanidine groups is 1. The zero-order valence-electron chi connectivity index (χ0n) is 14.8. The summed E-state index contributed by atoms with van der Waals surface area (Å²) in [6, 6.07) is 5.40. The summed E-state index contributed by atoms with van der Waals surface area (Å²) in [5.74, 6) is -0.0263. The number of aliphatic imine (C=N–C) groups is 1. The van der Waals surface area contributed by atoms with Crippen molar-refractivity contribution in [3.63, 3.8) is 0 Å². The van der Waals surface area contributed by atoms with E-state index in [0.29, 0.717) is 18.5 Å². The zero-order valence-corrected chi connectivity index (χ0v) is 14.8. The first-order valence-corrected chi connectivity index (χ1v) is 8.67. The highest BCUT2D eigenvalue weighted by Gasteiger charge is 2.20. The second-order valence-electron chi connectivity index (χ2n) is 6.21. The molecule has 2 heterocycles. The molecule has 0 spiro atoms. The largest absolute Gasteiger partial charge is 0.364 e. The Morgan fingerprint density at radius 3 is 2.73 bits per heavy atom. The van der Waals surface area contributed by atoms with Gasteiger partial charge < -0.3 is 14.7 Å². The predicted octanol–water partition coefficient (Wildman–Crippen LogP) is 1.89. The van der Waals surface area contributed by atoms with E-state index in [-0.39, 0.29) is 5.82 Å². The fraction of sp³-hybridized carbons (Fsp3) is 0.444. The maximum Gasteiger partial charge on any atom is 0.193 e. The van der Waals surface area contributed by atoms with E-state index in [2.05, 4.69) is 25.3 Å². The second kappa shape index (κ2) is 8.75. The van der Waals surface area contributed by atoms with Crippen LogP contribution >= 0.6 is 0 Å². The molecular formula is C18H23F2N5O. The van der Waals surface area contributed by atoms with Gasteiger partial charge in [-0.25, -0.2) is 8.78 Å². The van der Waals surface area contributed by atoms with Crippen molar-refractivity contribution < 1.29 is 13.3 Å². The minimum Gasteiger partial charge on any atom is -0.364 e. The van der Waals surface area contributed by atoms with Crippen molar-refractivity contribution >= 4 is 5.96 Å². The fourth-order valence-corrected chi connectivity index (χ4v) is 3.04. The Morgan fingerprint density at radius 1 is 1.23 bits per heavy atom. The summed E-state index contributed by atoms with van der Waals surface area (Å²) in [6.07, 6.45) is 1.98. The predicted molar refractivity (Wildman–Crippen MR) is 94.8 cm³/mol. The molecule has 0 radical (unpaired) electrons. The molecule has 1 fully saturated rings. The Morgan fingerprint density at radius 2 is 2.04 bits per heavy atom. The third-order valence-electron chi connectivity index (χ3n) is 4.45. The molecule has 1 saturated heterocycles. The SMILES string of the molecule is CN=C(NCCc1cc(F)ccc1F)N1CCN(Cc2ccon2)CC1. The highest BCUT2D eigenvalue weighted by Crippen LogP contribution is 2.10. The van der Waals surface area contributed by atoms with Gasteiger partial charge in [-0.1, -0.05) is 5.16 Å². The minimum atomic E-state index is -0.422. The quantitative estimate of drug-likeness (QED) is 0.649. The van der Waals surface area contributed by atoms with Gasteiger partial charge >= 0.3 is 0 Å². The van der Waals surface area contributed by atoms with Gasteiger partial charge in [-0.2, -0.15) is 0 Å². The molecule has 1 aliphatic heterocycles. The summed E-state index contributed by atoms with van der Waals surface area (Å²) in [4.78, 5) is 8.78. The van der Waals surface area contributed by atoms with Crippen LogP contribution in [0.25, 0.3) is 0 Å². The molecule has 140 valence electrons. The number of nitrogens with one attached hydrogen (secondary N) is 1. The molecular weight excluding hydrogens is 340 g/mol. The van der Waals surface area contributed by atoms with Crippen LogP contribution in [0, 0.1) is 11.6 Å². The normalized spacial score (nSPS) is 16.1. The first kappa shape index (κ1) is 18.3. The van der Waals surface area contributed by atoms with Crippen molar-refractivity contribution in [3.05, 3.63) is 53.4 Å². The van der Waals surface area contributed by atoms with Crippen LogP contribution in [0.2, 0.25) is 0 Å². The highest BCUT2D eigenvalue weighted by molar-refractivity contribution is 5.80. The number of hydrogen-bond donors (Lipinski definition) is 1. The van der Waals surface area contributed by atoms with Crippen molar-refractivity contribution in [1.82, 2.24) is 20.3 Å². The van der Waals surface area contributed by atoms with Crippen molar-refractivity contribution in [1.29, 1.82) is 0 Å². The van der Waals surface area contributed by atoms with Crippen LogP contribution in [0.4, 0.5) is 8.78 Å². The van der Waals surface area contributed by atoms with Crippen molar-refractivity contribution in [3.8, 4) is 0 Å². The number of halogens is 2. The Bertz CT molecular complexity index is 727. The Kier molecular flexibility index (Phi) is 6.17. The molecule has 0 unspecified atom stereocenters. The first-order chi connectivity index (χ1) is 12.7. The van der Waals surface area contributed by atoms with Gasteiger partial charge in [0.1, 0.15) is 17.9 Å². The number of nitrogens with zero attached hydrogens (tertiary/aromatic N) is 4. The van der Waals surface area contributed by atoms with Gasteiger partial charge in [0.25, 0.3) is 0 Å². The molecule has 6 nitrogen and oxygen atoms in total. The van der Waals surface area contributed by atoms with Gasteiger partial charge in [-0.3, -0.25) is 9.89 Å². The molecule has 0 saturated carbocycles. The lowest BCUT2D eigenvalue weighted by atomic mass is 10.1. The van der Waals surface area contributed by atoms with Crippen LogP contribution in [0.5, 0.6) is 0 Å². The standard InChI is InChI=1S/C18H23F2N5O/c1-21-18(22-6-4-14-12-15(19)2-3-17(14)20)25-9-7-24(8-10-25)13-16-5-11-26-23-16/h2-3,5,11-12H,4,6-10,13H2,1H3,(H,21,22). The lowest BCUT2D eigenvalue weighted by molar-refractivity contribution is 0.169. The average Bonchev–Trinajstić information content (AvgIpc) is 3.15. The molecule has 1 aliphatic rings. The summed E-state index contributed by atoms with van der Waals surface area (Å²) in [6.45, 7) is 4.73. The van der Waals surface area contributed by atoms with Gasteiger partial charge in [0.2, 0.25) is 0 Å². The van der Waals surface area contributed by atoms with E-state index in [1.165, 1.54) is 6.07 Å². The highest BCUT2D eigenvalue weighted by atomic mass is 19.1. The van der Waals surface area contributed by atoms with E-state index in [4.69, 9.17) is 4.52 Å². The maximum atomic E-state index is 13.7. The number of piperazine rings is 1. The van der Waals surface area contributed by atoms with Crippen LogP contribution in [-0.2, 0) is 13.0 Å². The fourth-order valence-electron chi connectivity index (χ4n) is 3.04. The van der Waals surface area contributed by atoms with Gasteiger partial charge in [0.15, 0.2) is 5.96 Å². The zero-order chi connectivity index (χ0) is 18.4. The number of aromatic nitrogens is 1. The number of rotatable bonds is 5. The monoisotopic (exact) mass is 363 g/mol. The third kappa shape index (κ3) is 4.78. The van der Waals surface area contributed by atoms with E-state index < -0.39 is 5.82 Å². The van der Waals surface area contributed by atoms with Crippen LogP contribution < -0.4 is 5.32 Å². The van der Waals surface area contributed by atoms with Gasteiger partial charge in [-0.15, -0.1) is 0 Å². The molecule has 26 heavy (non-hydrogen) atoms. The van der Waals surface area contributed by atoms with E-state index in [9.17, 15) is 8.78 Å². The molecule has 1 aromatic carbocycles. The molecule has 0 bridgehead atoms. The van der Waals surface area contributed by atoms with Crippen LogP contribution in [0.3, 0.4) is 0 Å². The summed E-state index contributed by atoms with van der Waals surface area (Å²) < 4.78 is 31.8. The molecule has 2 aromatic rings. The summed E-state index contributed by atoms with van der Waals surface area (Å²) in [7, 11) is 1.73. The molecule has 0 aliphatic carbocycles. The second-order valence-corrected chi connectivity index (χ2v) is 6.21. The lowest BCUT2D eigenvalue weighted by Gasteiger charge is -2.36. The van der Waals surface area contributed by atoms with Crippen LogP contribution in [0.15, 0.2) is 40.0 Å². The first-order valence-electron chi connectivity index (χ1n) is 8.67. The van der Waals surface area contributed by atoms with Gasteiger partial charge in [0.05, 0.1) is 5.69 Å². The lowest BCUT2D eigenvalue weighted by Crippen LogP contribution is -2.52. The molecule has 1 aromatic heterocycles. The summed E-state index contributed by atoms with van der Waals surface area (Å²) in [5.41, 5.74) is 1.29. The van der Waals surface area contributed by atoms with Crippen molar-refractivity contribution in [2.24, 2.45) is 4.99 Å². The van der Waals surface area contributed by atoms with E-state index in [0.717, 1.165) is 56.5 Å².